The molecule has 1 amide bonds. The Kier molecular flexibility index (Phi) is 5.59. The van der Waals surface area contributed by atoms with Crippen LogP contribution < -0.4 is 4.74 Å². The summed E-state index contributed by atoms with van der Waals surface area (Å²) >= 11 is 3.31. The summed E-state index contributed by atoms with van der Waals surface area (Å²) in [7, 11) is 3.12. The Hall–Kier alpha value is -1.10. The molecule has 1 aromatic carbocycles. The number of hydrogen-bond donors (Lipinski definition) is 0. The van der Waals surface area contributed by atoms with E-state index in [2.05, 4.69) is 15.9 Å². The van der Waals surface area contributed by atoms with Crippen LogP contribution in [0.5, 0.6) is 5.75 Å². The molecule has 0 bridgehead atoms. The third kappa shape index (κ3) is 3.70. The molecule has 0 aromatic heterocycles. The van der Waals surface area contributed by atoms with Crippen LogP contribution >= 0.6 is 15.9 Å². The van der Waals surface area contributed by atoms with Crippen LogP contribution in [0.4, 0.5) is 4.39 Å². The standard InChI is InChI=1S/C13H17BrFNO2/c1-4-10(14)13(17)16(2)8-9-5-6-12(18-3)11(15)7-9/h5-7,10H,4,8H2,1-3H3. The SMILES string of the molecule is CCC(Br)C(=O)N(C)Cc1ccc(OC)c(F)c1. The molecular formula is C13H17BrFNO2. The molecule has 3 nitrogen and oxygen atoms in total. The lowest BCUT2D eigenvalue weighted by Crippen LogP contribution is -2.32. The molecule has 18 heavy (non-hydrogen) atoms. The molecule has 0 radical (unpaired) electrons. The molecule has 0 fully saturated rings. The number of alkyl halides is 1. The zero-order chi connectivity index (χ0) is 13.7. The van der Waals surface area contributed by atoms with Crippen LogP contribution in [0.3, 0.4) is 0 Å². The summed E-state index contributed by atoms with van der Waals surface area (Å²) in [4.78, 5) is 13.2. The highest BCUT2D eigenvalue weighted by Crippen LogP contribution is 2.19. The molecule has 0 aliphatic rings. The molecule has 5 heteroatoms. The van der Waals surface area contributed by atoms with Crippen molar-refractivity contribution in [3.8, 4) is 5.75 Å². The normalized spacial score (nSPS) is 12.1. The molecule has 1 atom stereocenters. The van der Waals surface area contributed by atoms with Crippen molar-refractivity contribution in [2.45, 2.75) is 24.7 Å². The lowest BCUT2D eigenvalue weighted by molar-refractivity contribution is -0.129. The molecule has 0 saturated heterocycles. The van der Waals surface area contributed by atoms with Gasteiger partial charge >= 0.3 is 0 Å². The van der Waals surface area contributed by atoms with Gasteiger partial charge in [0.15, 0.2) is 11.6 Å². The fourth-order valence-electron chi connectivity index (χ4n) is 1.57. The van der Waals surface area contributed by atoms with Gasteiger partial charge in [-0.2, -0.15) is 0 Å². The van der Waals surface area contributed by atoms with Gasteiger partial charge in [-0.15, -0.1) is 0 Å². The van der Waals surface area contributed by atoms with Gasteiger partial charge < -0.3 is 9.64 Å². The predicted molar refractivity (Wildman–Crippen MR) is 72.4 cm³/mol. The van der Waals surface area contributed by atoms with E-state index in [1.165, 1.54) is 13.2 Å². The number of carbonyl (C=O) groups excluding carboxylic acids is 1. The summed E-state index contributed by atoms with van der Waals surface area (Å²) in [6.07, 6.45) is 0.722. The smallest absolute Gasteiger partial charge is 0.236 e. The number of carbonyl (C=O) groups is 1. The van der Waals surface area contributed by atoms with Gasteiger partial charge in [0, 0.05) is 13.6 Å². The minimum atomic E-state index is -0.415. The first kappa shape index (κ1) is 15.0. The Labute approximate surface area is 115 Å². The minimum absolute atomic E-state index is 0.00581. The van der Waals surface area contributed by atoms with Crippen LogP contribution in [-0.2, 0) is 11.3 Å². The van der Waals surface area contributed by atoms with Gasteiger partial charge in [-0.25, -0.2) is 4.39 Å². The first-order valence-corrected chi connectivity index (χ1v) is 6.62. The van der Waals surface area contributed by atoms with Crippen molar-refractivity contribution < 1.29 is 13.9 Å². The quantitative estimate of drug-likeness (QED) is 0.781. The second kappa shape index (κ2) is 6.73. The van der Waals surface area contributed by atoms with Gasteiger partial charge in [0.1, 0.15) is 0 Å². The second-order valence-electron chi connectivity index (χ2n) is 4.04. The maximum Gasteiger partial charge on any atom is 0.236 e. The summed E-state index contributed by atoms with van der Waals surface area (Å²) in [6, 6.07) is 4.70. The van der Waals surface area contributed by atoms with Crippen LogP contribution in [0.1, 0.15) is 18.9 Å². The zero-order valence-corrected chi connectivity index (χ0v) is 12.3. The maximum absolute atomic E-state index is 13.5. The second-order valence-corrected chi connectivity index (χ2v) is 5.14. The average Bonchev–Trinajstić information content (AvgIpc) is 2.37. The van der Waals surface area contributed by atoms with Gasteiger partial charge in [-0.3, -0.25) is 4.79 Å². The highest BCUT2D eigenvalue weighted by molar-refractivity contribution is 9.10. The van der Waals surface area contributed by atoms with E-state index < -0.39 is 5.82 Å². The van der Waals surface area contributed by atoms with E-state index in [0.29, 0.717) is 6.54 Å². The van der Waals surface area contributed by atoms with Crippen molar-refractivity contribution >= 4 is 21.8 Å². The van der Waals surface area contributed by atoms with Crippen molar-refractivity contribution in [3.63, 3.8) is 0 Å². The zero-order valence-electron chi connectivity index (χ0n) is 10.7. The van der Waals surface area contributed by atoms with Crippen LogP contribution in [0.15, 0.2) is 18.2 Å². The number of methoxy groups -OCH3 is 1. The van der Waals surface area contributed by atoms with Crippen LogP contribution in [0, 0.1) is 5.82 Å². The Morgan fingerprint density at radius 3 is 2.72 bits per heavy atom. The first-order valence-electron chi connectivity index (χ1n) is 5.71. The number of rotatable bonds is 5. The third-order valence-electron chi connectivity index (χ3n) is 2.64. The fourth-order valence-corrected chi connectivity index (χ4v) is 1.92. The highest BCUT2D eigenvalue weighted by atomic mass is 79.9. The first-order chi connectivity index (χ1) is 8.49. The lowest BCUT2D eigenvalue weighted by atomic mass is 10.2. The molecule has 100 valence electrons. The number of ether oxygens (including phenoxy) is 1. The Balaban J connectivity index is 2.73. The average molecular weight is 318 g/mol. The monoisotopic (exact) mass is 317 g/mol. The van der Waals surface area contributed by atoms with Crippen LogP contribution in [0.2, 0.25) is 0 Å². The van der Waals surface area contributed by atoms with Crippen molar-refractivity contribution in [2.75, 3.05) is 14.2 Å². The van der Waals surface area contributed by atoms with Crippen molar-refractivity contribution in [3.05, 3.63) is 29.6 Å². The molecule has 0 aliphatic carbocycles. The van der Waals surface area contributed by atoms with E-state index >= 15 is 0 Å². The summed E-state index contributed by atoms with van der Waals surface area (Å²) in [5, 5.41) is 0. The van der Waals surface area contributed by atoms with Crippen molar-refractivity contribution in [2.24, 2.45) is 0 Å². The van der Waals surface area contributed by atoms with Crippen LogP contribution in [0.25, 0.3) is 0 Å². The minimum Gasteiger partial charge on any atom is -0.494 e. The molecule has 1 unspecified atom stereocenters. The summed E-state index contributed by atoms with van der Waals surface area (Å²) in [5.74, 6) is -0.213. The Bertz CT molecular complexity index is 425. The van der Waals surface area contributed by atoms with Gasteiger partial charge in [-0.05, 0) is 24.1 Å². The largest absolute Gasteiger partial charge is 0.494 e. The third-order valence-corrected chi connectivity index (χ3v) is 3.68. The van der Waals surface area contributed by atoms with Gasteiger partial charge in [0.05, 0.1) is 11.9 Å². The van der Waals surface area contributed by atoms with Gasteiger partial charge in [-0.1, -0.05) is 28.9 Å². The maximum atomic E-state index is 13.5. The molecule has 0 spiro atoms. The summed E-state index contributed by atoms with van der Waals surface area (Å²) in [5.41, 5.74) is 0.736. The number of nitrogens with zero attached hydrogens (tertiary/aromatic N) is 1. The summed E-state index contributed by atoms with van der Waals surface area (Å²) < 4.78 is 18.3. The van der Waals surface area contributed by atoms with E-state index in [9.17, 15) is 9.18 Å². The summed E-state index contributed by atoms with van der Waals surface area (Å²) in [6.45, 7) is 2.31. The Morgan fingerprint density at radius 2 is 2.22 bits per heavy atom. The number of benzene rings is 1. The predicted octanol–water partition coefficient (Wildman–Crippen LogP) is 2.97. The fraction of sp³-hybridized carbons (Fsp3) is 0.462. The van der Waals surface area contributed by atoms with Crippen LogP contribution in [-0.4, -0.2) is 29.8 Å². The topological polar surface area (TPSA) is 29.5 Å². The molecule has 1 aromatic rings. The molecule has 1 rings (SSSR count). The number of halogens is 2. The van der Waals surface area contributed by atoms with Crippen molar-refractivity contribution in [1.29, 1.82) is 0 Å². The molecular weight excluding hydrogens is 301 g/mol. The molecule has 0 N–H and O–H groups in total. The number of amides is 1. The molecule has 0 heterocycles. The van der Waals surface area contributed by atoms with Gasteiger partial charge in [0.2, 0.25) is 5.91 Å². The molecule has 0 saturated carbocycles. The van der Waals surface area contributed by atoms with Gasteiger partial charge in [0.25, 0.3) is 0 Å². The van der Waals surface area contributed by atoms with E-state index in [1.807, 2.05) is 6.92 Å². The lowest BCUT2D eigenvalue weighted by Gasteiger charge is -2.20. The number of hydrogen-bond acceptors (Lipinski definition) is 2. The Morgan fingerprint density at radius 1 is 1.56 bits per heavy atom. The van der Waals surface area contributed by atoms with E-state index in [-0.39, 0.29) is 16.5 Å². The highest BCUT2D eigenvalue weighted by Gasteiger charge is 2.17. The van der Waals surface area contributed by atoms with Crippen molar-refractivity contribution in [1.82, 2.24) is 4.90 Å². The van der Waals surface area contributed by atoms with E-state index in [0.717, 1.165) is 12.0 Å². The van der Waals surface area contributed by atoms with E-state index in [1.54, 1.807) is 24.1 Å². The van der Waals surface area contributed by atoms with E-state index in [4.69, 9.17) is 4.74 Å². The molecule has 0 aliphatic heterocycles.